The lowest BCUT2D eigenvalue weighted by atomic mass is 10.1. The molecule has 82 valence electrons. The van der Waals surface area contributed by atoms with Crippen molar-refractivity contribution in [2.75, 3.05) is 11.5 Å². The fourth-order valence-electron chi connectivity index (χ4n) is 1.29. The van der Waals surface area contributed by atoms with E-state index in [2.05, 4.69) is 9.97 Å². The van der Waals surface area contributed by atoms with Crippen molar-refractivity contribution in [2.45, 2.75) is 0 Å². The highest BCUT2D eigenvalue weighted by Crippen LogP contribution is 2.21. The molecule has 1 aromatic heterocycles. The van der Waals surface area contributed by atoms with E-state index in [4.69, 9.17) is 11.5 Å². The molecule has 1 heterocycles. The van der Waals surface area contributed by atoms with Crippen molar-refractivity contribution in [1.29, 1.82) is 0 Å². The van der Waals surface area contributed by atoms with Gasteiger partial charge in [0.1, 0.15) is 5.82 Å². The molecule has 0 saturated heterocycles. The van der Waals surface area contributed by atoms with Crippen LogP contribution in [-0.4, -0.2) is 9.97 Å². The molecule has 2 rings (SSSR count). The van der Waals surface area contributed by atoms with E-state index in [1.165, 1.54) is 12.1 Å². The monoisotopic (exact) mass is 222 g/mol. The lowest BCUT2D eigenvalue weighted by molar-refractivity contribution is 0.509. The van der Waals surface area contributed by atoms with E-state index in [1.54, 1.807) is 0 Å². The minimum absolute atomic E-state index is 0.0141. The molecule has 0 radical (unpaired) electrons. The number of nitrogens with two attached hydrogens (primary N) is 2. The van der Waals surface area contributed by atoms with Crippen LogP contribution in [0.25, 0.3) is 11.3 Å². The number of halogens is 2. The summed E-state index contributed by atoms with van der Waals surface area (Å²) in [5, 5.41) is 0. The normalized spacial score (nSPS) is 10.4. The Labute approximate surface area is 89.9 Å². The molecule has 0 spiro atoms. The van der Waals surface area contributed by atoms with Gasteiger partial charge in [0.05, 0.1) is 5.69 Å². The molecule has 0 amide bonds. The Hall–Kier alpha value is -2.24. The first-order chi connectivity index (χ1) is 7.56. The van der Waals surface area contributed by atoms with Gasteiger partial charge >= 0.3 is 0 Å². The third-order valence-electron chi connectivity index (χ3n) is 1.98. The first kappa shape index (κ1) is 10.3. The molecule has 0 aliphatic heterocycles. The Morgan fingerprint density at radius 1 is 0.938 bits per heavy atom. The second kappa shape index (κ2) is 3.73. The van der Waals surface area contributed by atoms with Crippen LogP contribution in [0.2, 0.25) is 0 Å². The molecule has 4 N–H and O–H groups in total. The fourth-order valence-corrected chi connectivity index (χ4v) is 1.29. The standard InChI is InChI=1S/C10H8F2N4/c11-6-2-1-5(3-7(6)12)8-4-9(13)16-10(14)15-8/h1-4H,(H4,13,14,15,16). The zero-order chi connectivity index (χ0) is 11.7. The smallest absolute Gasteiger partial charge is 0.222 e. The van der Waals surface area contributed by atoms with Crippen LogP contribution in [0.3, 0.4) is 0 Å². The summed E-state index contributed by atoms with van der Waals surface area (Å²) < 4.78 is 25.7. The van der Waals surface area contributed by atoms with Gasteiger partial charge in [0.2, 0.25) is 5.95 Å². The van der Waals surface area contributed by atoms with Crippen LogP contribution in [-0.2, 0) is 0 Å². The Morgan fingerprint density at radius 3 is 2.31 bits per heavy atom. The Morgan fingerprint density at radius 2 is 1.69 bits per heavy atom. The minimum atomic E-state index is -0.951. The van der Waals surface area contributed by atoms with Crippen molar-refractivity contribution in [2.24, 2.45) is 0 Å². The molecule has 0 saturated carbocycles. The second-order valence-corrected chi connectivity index (χ2v) is 3.17. The molecule has 0 aliphatic rings. The number of benzene rings is 1. The Kier molecular flexibility index (Phi) is 2.40. The number of rotatable bonds is 1. The van der Waals surface area contributed by atoms with Crippen molar-refractivity contribution < 1.29 is 8.78 Å². The summed E-state index contributed by atoms with van der Waals surface area (Å²) in [5.41, 5.74) is 11.6. The molecule has 16 heavy (non-hydrogen) atoms. The van der Waals surface area contributed by atoms with E-state index in [-0.39, 0.29) is 11.8 Å². The summed E-state index contributed by atoms with van der Waals surface area (Å²) in [6.45, 7) is 0. The molecule has 0 aliphatic carbocycles. The highest BCUT2D eigenvalue weighted by atomic mass is 19.2. The molecule has 0 fully saturated rings. The summed E-state index contributed by atoms with van der Waals surface area (Å²) in [7, 11) is 0. The molecule has 1 aromatic carbocycles. The van der Waals surface area contributed by atoms with E-state index >= 15 is 0 Å². The van der Waals surface area contributed by atoms with Crippen LogP contribution in [0.15, 0.2) is 24.3 Å². The van der Waals surface area contributed by atoms with Crippen molar-refractivity contribution in [3.63, 3.8) is 0 Å². The number of anilines is 2. The summed E-state index contributed by atoms with van der Waals surface area (Å²) in [6.07, 6.45) is 0. The summed E-state index contributed by atoms with van der Waals surface area (Å²) in [6, 6.07) is 4.86. The average molecular weight is 222 g/mol. The predicted octanol–water partition coefficient (Wildman–Crippen LogP) is 1.59. The summed E-state index contributed by atoms with van der Waals surface area (Å²) in [5.74, 6) is -1.71. The fraction of sp³-hybridized carbons (Fsp3) is 0. The number of nitrogen functional groups attached to an aromatic ring is 2. The largest absolute Gasteiger partial charge is 0.384 e. The van der Waals surface area contributed by atoms with Crippen LogP contribution >= 0.6 is 0 Å². The van der Waals surface area contributed by atoms with Gasteiger partial charge in [0, 0.05) is 11.6 Å². The maximum absolute atomic E-state index is 13.0. The van der Waals surface area contributed by atoms with Gasteiger partial charge in [-0.05, 0) is 18.2 Å². The lowest BCUT2D eigenvalue weighted by Gasteiger charge is -2.03. The first-order valence-electron chi connectivity index (χ1n) is 4.42. The van der Waals surface area contributed by atoms with Gasteiger partial charge in [0.25, 0.3) is 0 Å². The van der Waals surface area contributed by atoms with Crippen LogP contribution in [0.5, 0.6) is 0 Å². The van der Waals surface area contributed by atoms with E-state index in [0.29, 0.717) is 11.3 Å². The quantitative estimate of drug-likeness (QED) is 0.767. The number of aromatic nitrogens is 2. The average Bonchev–Trinajstić information content (AvgIpc) is 2.20. The molecule has 0 unspecified atom stereocenters. The van der Waals surface area contributed by atoms with Gasteiger partial charge in [-0.25, -0.2) is 13.8 Å². The minimum Gasteiger partial charge on any atom is -0.384 e. The molecule has 6 heteroatoms. The third kappa shape index (κ3) is 1.90. The highest BCUT2D eigenvalue weighted by molar-refractivity contribution is 5.63. The van der Waals surface area contributed by atoms with Gasteiger partial charge in [0.15, 0.2) is 11.6 Å². The van der Waals surface area contributed by atoms with E-state index in [0.717, 1.165) is 12.1 Å². The second-order valence-electron chi connectivity index (χ2n) is 3.17. The highest BCUT2D eigenvalue weighted by Gasteiger charge is 2.07. The Bertz CT molecular complexity index is 522. The van der Waals surface area contributed by atoms with E-state index < -0.39 is 11.6 Å². The summed E-state index contributed by atoms with van der Waals surface area (Å²) >= 11 is 0. The van der Waals surface area contributed by atoms with Crippen LogP contribution in [0.4, 0.5) is 20.5 Å². The number of nitrogens with zero attached hydrogens (tertiary/aromatic N) is 2. The molecular weight excluding hydrogens is 214 g/mol. The van der Waals surface area contributed by atoms with Gasteiger partial charge in [-0.15, -0.1) is 0 Å². The first-order valence-corrected chi connectivity index (χ1v) is 4.42. The van der Waals surface area contributed by atoms with Gasteiger partial charge in [-0.2, -0.15) is 4.98 Å². The van der Waals surface area contributed by atoms with Crippen molar-refractivity contribution in [1.82, 2.24) is 9.97 Å². The summed E-state index contributed by atoms with van der Waals surface area (Å²) in [4.78, 5) is 7.55. The van der Waals surface area contributed by atoms with Crippen LogP contribution in [0.1, 0.15) is 0 Å². The third-order valence-corrected chi connectivity index (χ3v) is 1.98. The molecule has 4 nitrogen and oxygen atoms in total. The van der Waals surface area contributed by atoms with Crippen molar-refractivity contribution >= 4 is 11.8 Å². The number of hydrogen-bond donors (Lipinski definition) is 2. The zero-order valence-electron chi connectivity index (χ0n) is 8.11. The van der Waals surface area contributed by atoms with Gasteiger partial charge < -0.3 is 11.5 Å². The lowest BCUT2D eigenvalue weighted by Crippen LogP contribution is -2.00. The molecule has 0 atom stereocenters. The Balaban J connectivity index is 2.54. The molecular formula is C10H8F2N4. The van der Waals surface area contributed by atoms with E-state index in [9.17, 15) is 8.78 Å². The van der Waals surface area contributed by atoms with Gasteiger partial charge in [-0.3, -0.25) is 0 Å². The maximum atomic E-state index is 13.0. The molecule has 2 aromatic rings. The van der Waals surface area contributed by atoms with Crippen LogP contribution < -0.4 is 11.5 Å². The SMILES string of the molecule is Nc1cc(-c2ccc(F)c(F)c2)nc(N)n1. The predicted molar refractivity (Wildman–Crippen MR) is 56.2 cm³/mol. The number of hydrogen-bond acceptors (Lipinski definition) is 4. The maximum Gasteiger partial charge on any atom is 0.222 e. The van der Waals surface area contributed by atoms with E-state index in [1.807, 2.05) is 0 Å². The van der Waals surface area contributed by atoms with Crippen LogP contribution in [0, 0.1) is 11.6 Å². The molecule has 0 bridgehead atoms. The van der Waals surface area contributed by atoms with Crippen molar-refractivity contribution in [3.8, 4) is 11.3 Å². The van der Waals surface area contributed by atoms with Crippen molar-refractivity contribution in [3.05, 3.63) is 35.9 Å². The topological polar surface area (TPSA) is 77.8 Å². The van der Waals surface area contributed by atoms with Gasteiger partial charge in [-0.1, -0.05) is 0 Å². The zero-order valence-corrected chi connectivity index (χ0v) is 8.11.